The van der Waals surface area contributed by atoms with Gasteiger partial charge in [0.1, 0.15) is 0 Å². The van der Waals surface area contributed by atoms with Crippen LogP contribution in [0.1, 0.15) is 36.6 Å². The van der Waals surface area contributed by atoms with Gasteiger partial charge in [-0.25, -0.2) is 4.79 Å². The van der Waals surface area contributed by atoms with Gasteiger partial charge in [0.05, 0.1) is 15.6 Å². The van der Waals surface area contributed by atoms with E-state index in [0.29, 0.717) is 40.4 Å². The van der Waals surface area contributed by atoms with E-state index in [1.54, 1.807) is 18.2 Å². The largest absolute Gasteiger partial charge is 0.339 e. The molecule has 0 atom stereocenters. The van der Waals surface area contributed by atoms with Crippen LogP contribution >= 0.6 is 23.2 Å². The van der Waals surface area contributed by atoms with Gasteiger partial charge in [-0.2, -0.15) is 4.98 Å². The summed E-state index contributed by atoms with van der Waals surface area (Å²) in [5.74, 6) is 1.08. The quantitative estimate of drug-likeness (QED) is 0.488. The number of carbonyl (C=O) groups excluding carboxylic acids is 1. The minimum Gasteiger partial charge on any atom is -0.339 e. The molecule has 2 amide bonds. The molecule has 0 unspecified atom stereocenters. The topological polar surface area (TPSA) is 62.5 Å². The third-order valence-corrected chi connectivity index (χ3v) is 6.71. The van der Waals surface area contributed by atoms with Crippen LogP contribution in [0.25, 0.3) is 11.4 Å². The Hall–Kier alpha value is -2.57. The number of piperidine rings is 1. The average molecular weight is 457 g/mol. The van der Waals surface area contributed by atoms with Crippen LogP contribution in [0.4, 0.5) is 10.5 Å². The number of hydrogen-bond acceptors (Lipinski definition) is 4. The van der Waals surface area contributed by atoms with Crippen molar-refractivity contribution >= 4 is 34.9 Å². The zero-order valence-electron chi connectivity index (χ0n) is 16.9. The lowest BCUT2D eigenvalue weighted by Crippen LogP contribution is -2.48. The summed E-state index contributed by atoms with van der Waals surface area (Å²) in [7, 11) is 0. The van der Waals surface area contributed by atoms with Crippen molar-refractivity contribution < 1.29 is 9.32 Å². The normalized spacial score (nSPS) is 17.0. The summed E-state index contributed by atoms with van der Waals surface area (Å²) in [5, 5.41) is 5.07. The van der Waals surface area contributed by atoms with Crippen LogP contribution in [-0.2, 0) is 6.42 Å². The summed E-state index contributed by atoms with van der Waals surface area (Å²) in [6.45, 7) is 2.08. The first-order valence-corrected chi connectivity index (χ1v) is 11.3. The van der Waals surface area contributed by atoms with E-state index in [4.69, 9.17) is 27.7 Å². The number of fused-ring (bicyclic) bond motifs is 1. The summed E-state index contributed by atoms with van der Waals surface area (Å²) in [6, 6.07) is 13.5. The smallest absolute Gasteiger partial charge is 0.324 e. The van der Waals surface area contributed by atoms with Crippen LogP contribution in [0.2, 0.25) is 10.0 Å². The van der Waals surface area contributed by atoms with E-state index >= 15 is 0 Å². The zero-order valence-corrected chi connectivity index (χ0v) is 18.4. The highest BCUT2D eigenvalue weighted by Gasteiger charge is 2.32. The van der Waals surface area contributed by atoms with Crippen LogP contribution in [0.3, 0.4) is 0 Å². The van der Waals surface area contributed by atoms with Gasteiger partial charge in [0.2, 0.25) is 11.7 Å². The molecule has 3 aromatic rings. The molecular weight excluding hydrogens is 435 g/mol. The van der Waals surface area contributed by atoms with Gasteiger partial charge in [0.25, 0.3) is 0 Å². The van der Waals surface area contributed by atoms with Crippen molar-refractivity contribution in [3.63, 3.8) is 0 Å². The van der Waals surface area contributed by atoms with E-state index < -0.39 is 0 Å². The number of carbonyl (C=O) groups is 1. The van der Waals surface area contributed by atoms with Gasteiger partial charge in [0.15, 0.2) is 0 Å². The van der Waals surface area contributed by atoms with Crippen molar-refractivity contribution in [1.29, 1.82) is 0 Å². The zero-order chi connectivity index (χ0) is 21.4. The molecule has 6 nitrogen and oxygen atoms in total. The van der Waals surface area contributed by atoms with E-state index in [1.807, 2.05) is 28.0 Å². The number of aromatic nitrogens is 2. The molecule has 2 aliphatic heterocycles. The van der Waals surface area contributed by atoms with Crippen molar-refractivity contribution in [2.24, 2.45) is 0 Å². The average Bonchev–Trinajstić information content (AvgIpc) is 3.28. The Balaban J connectivity index is 1.27. The van der Waals surface area contributed by atoms with Crippen LogP contribution in [0.15, 0.2) is 47.0 Å². The van der Waals surface area contributed by atoms with Crippen LogP contribution in [0, 0.1) is 0 Å². The van der Waals surface area contributed by atoms with E-state index in [9.17, 15) is 4.79 Å². The summed E-state index contributed by atoms with van der Waals surface area (Å²) in [5.41, 5.74) is 2.87. The van der Waals surface area contributed by atoms with Crippen molar-refractivity contribution in [1.82, 2.24) is 15.0 Å². The molecule has 2 aliphatic rings. The highest BCUT2D eigenvalue weighted by molar-refractivity contribution is 6.38. The van der Waals surface area contributed by atoms with Gasteiger partial charge in [-0.1, -0.05) is 52.6 Å². The number of para-hydroxylation sites is 1. The van der Waals surface area contributed by atoms with Gasteiger partial charge in [-0.3, -0.25) is 4.90 Å². The molecule has 1 saturated heterocycles. The number of halogens is 2. The van der Waals surface area contributed by atoms with Crippen LogP contribution < -0.4 is 4.90 Å². The second kappa shape index (κ2) is 8.52. The molecule has 1 fully saturated rings. The number of urea groups is 1. The molecule has 0 aliphatic carbocycles. The SMILES string of the molecule is O=C(N1CCC(c2nc(-c3c(Cl)cccc3Cl)no2)CC1)N1CCCc2ccccc21. The maximum absolute atomic E-state index is 13.2. The number of hydrogen-bond donors (Lipinski definition) is 0. The number of anilines is 1. The Bertz CT molecular complexity index is 1090. The Morgan fingerprint density at radius 2 is 1.74 bits per heavy atom. The Labute approximate surface area is 190 Å². The fourth-order valence-electron chi connectivity index (χ4n) is 4.43. The molecule has 3 heterocycles. The molecule has 1 aromatic heterocycles. The number of amides is 2. The van der Waals surface area contributed by atoms with Crippen molar-refractivity contribution in [3.05, 3.63) is 64.0 Å². The third kappa shape index (κ3) is 3.90. The number of rotatable bonds is 2. The molecule has 2 aromatic carbocycles. The maximum Gasteiger partial charge on any atom is 0.324 e. The lowest BCUT2D eigenvalue weighted by atomic mass is 9.96. The summed E-state index contributed by atoms with van der Waals surface area (Å²) < 4.78 is 5.53. The number of nitrogens with zero attached hydrogens (tertiary/aromatic N) is 4. The fraction of sp³-hybridized carbons (Fsp3) is 0.348. The van der Waals surface area contributed by atoms with Gasteiger partial charge in [0, 0.05) is 31.2 Å². The van der Waals surface area contributed by atoms with E-state index in [2.05, 4.69) is 16.2 Å². The first-order chi connectivity index (χ1) is 15.1. The van der Waals surface area contributed by atoms with Crippen LogP contribution in [0.5, 0.6) is 0 Å². The Morgan fingerprint density at radius 1 is 1.00 bits per heavy atom. The van der Waals surface area contributed by atoms with E-state index in [1.165, 1.54) is 5.56 Å². The lowest BCUT2D eigenvalue weighted by molar-refractivity contribution is 0.181. The Kier molecular flexibility index (Phi) is 5.59. The molecular formula is C23H22Cl2N4O2. The van der Waals surface area contributed by atoms with Crippen molar-refractivity contribution in [2.75, 3.05) is 24.5 Å². The minimum atomic E-state index is 0.0830. The predicted molar refractivity (Wildman–Crippen MR) is 121 cm³/mol. The molecule has 8 heteroatoms. The van der Waals surface area contributed by atoms with Gasteiger partial charge in [-0.05, 0) is 49.4 Å². The highest BCUT2D eigenvalue weighted by atomic mass is 35.5. The predicted octanol–water partition coefficient (Wildman–Crippen LogP) is 5.80. The molecule has 0 saturated carbocycles. The monoisotopic (exact) mass is 456 g/mol. The van der Waals surface area contributed by atoms with Crippen LogP contribution in [-0.4, -0.2) is 40.7 Å². The van der Waals surface area contributed by atoms with Crippen molar-refractivity contribution in [2.45, 2.75) is 31.6 Å². The standard InChI is InChI=1S/C23H22Cl2N4O2/c24-17-7-3-8-18(25)20(17)21-26-22(31-27-21)16-10-13-28(14-11-16)23(30)29-12-4-6-15-5-1-2-9-19(15)29/h1-3,5,7-9,16H,4,6,10-14H2. The second-order valence-corrected chi connectivity index (χ2v) is 8.80. The highest BCUT2D eigenvalue weighted by Crippen LogP contribution is 2.35. The molecule has 5 rings (SSSR count). The van der Waals surface area contributed by atoms with E-state index in [0.717, 1.165) is 37.9 Å². The summed E-state index contributed by atoms with van der Waals surface area (Å²) in [4.78, 5) is 21.6. The molecule has 0 bridgehead atoms. The fourth-order valence-corrected chi connectivity index (χ4v) is 5.00. The first-order valence-electron chi connectivity index (χ1n) is 10.5. The first kappa shape index (κ1) is 20.3. The molecule has 0 radical (unpaired) electrons. The number of benzene rings is 2. The molecule has 0 N–H and O–H groups in total. The Morgan fingerprint density at radius 3 is 2.52 bits per heavy atom. The molecule has 31 heavy (non-hydrogen) atoms. The summed E-state index contributed by atoms with van der Waals surface area (Å²) >= 11 is 12.5. The second-order valence-electron chi connectivity index (χ2n) is 7.98. The number of likely N-dealkylation sites (tertiary alicyclic amines) is 1. The maximum atomic E-state index is 13.2. The van der Waals surface area contributed by atoms with Gasteiger partial charge >= 0.3 is 6.03 Å². The number of aryl methyl sites for hydroxylation is 1. The third-order valence-electron chi connectivity index (χ3n) is 6.08. The van der Waals surface area contributed by atoms with Gasteiger partial charge < -0.3 is 9.42 Å². The van der Waals surface area contributed by atoms with Crippen molar-refractivity contribution in [3.8, 4) is 11.4 Å². The van der Waals surface area contributed by atoms with Gasteiger partial charge in [-0.15, -0.1) is 0 Å². The summed E-state index contributed by atoms with van der Waals surface area (Å²) in [6.07, 6.45) is 3.57. The van der Waals surface area contributed by atoms with E-state index in [-0.39, 0.29) is 11.9 Å². The molecule has 160 valence electrons. The minimum absolute atomic E-state index is 0.0830. The lowest BCUT2D eigenvalue weighted by Gasteiger charge is -2.37. The molecule has 0 spiro atoms.